The Kier molecular flexibility index (Phi) is 8.23. The van der Waals surface area contributed by atoms with E-state index in [0.29, 0.717) is 57.0 Å². The lowest BCUT2D eigenvalue weighted by atomic mass is 9.96. The Bertz CT molecular complexity index is 1940. The van der Waals surface area contributed by atoms with Gasteiger partial charge in [0.05, 0.1) is 46.2 Å². The summed E-state index contributed by atoms with van der Waals surface area (Å²) in [4.78, 5) is 31.2. The van der Waals surface area contributed by atoms with Gasteiger partial charge in [-0.1, -0.05) is 53.4 Å². The fourth-order valence-electron chi connectivity index (χ4n) is 5.36. The van der Waals surface area contributed by atoms with Gasteiger partial charge in [0.15, 0.2) is 5.15 Å². The number of pyridine rings is 2. The van der Waals surface area contributed by atoms with Crippen LogP contribution in [0.25, 0.3) is 28.1 Å². The van der Waals surface area contributed by atoms with Gasteiger partial charge in [0.2, 0.25) is 5.91 Å². The average molecular weight is 660 g/mol. The van der Waals surface area contributed by atoms with Crippen molar-refractivity contribution in [2.75, 3.05) is 5.32 Å². The first kappa shape index (κ1) is 29.9. The van der Waals surface area contributed by atoms with Crippen molar-refractivity contribution < 1.29 is 13.6 Å². The quantitative estimate of drug-likeness (QED) is 0.221. The van der Waals surface area contributed by atoms with E-state index in [9.17, 15) is 18.4 Å². The number of hydrogen-bond acceptors (Lipinski definition) is 6. The lowest BCUT2D eigenvalue weighted by molar-refractivity contribution is -0.119. The van der Waals surface area contributed by atoms with Gasteiger partial charge in [0.25, 0.3) is 5.56 Å². The molecule has 0 spiro atoms. The summed E-state index contributed by atoms with van der Waals surface area (Å²) >= 11 is 19.2. The van der Waals surface area contributed by atoms with Gasteiger partial charge in [-0.15, -0.1) is 5.10 Å². The third-order valence-corrected chi connectivity index (χ3v) is 8.23. The van der Waals surface area contributed by atoms with Gasteiger partial charge in [0, 0.05) is 46.1 Å². The summed E-state index contributed by atoms with van der Waals surface area (Å²) in [6.45, 7) is -1.19. The van der Waals surface area contributed by atoms with Crippen molar-refractivity contribution >= 4 is 46.4 Å². The Morgan fingerprint density at radius 2 is 1.84 bits per heavy atom. The second kappa shape index (κ2) is 12.1. The maximum absolute atomic E-state index is 14.0. The summed E-state index contributed by atoms with van der Waals surface area (Å²) < 4.78 is 31.4. The first-order chi connectivity index (χ1) is 21.1. The number of alkyl halides is 2. The highest BCUT2D eigenvalue weighted by Gasteiger charge is 2.26. The maximum atomic E-state index is 14.0. The Hall–Kier alpha value is -4.13. The van der Waals surface area contributed by atoms with E-state index in [4.69, 9.17) is 34.8 Å². The molecular formula is C29H23Cl3F2N8O2. The standard InChI is InChI=1S/C29H23Cl3F2N8O2/c1-15-3-2-4-24(21-9-16(7-8-35-21)27-22(37-28(15)44)12-36-42(27)29(33)34)40-13-20(31)18(11-26(40)43)19-10-17(30)5-6-23(19)41-14-25(32)38-39-41/h5-15,24,29H,2-4H2,1H3,(H,37,44)/t15-,24?/m1/s1. The number of halogens is 5. The summed E-state index contributed by atoms with van der Waals surface area (Å²) in [6.07, 6.45) is 7.18. The molecule has 1 aliphatic rings. The molecule has 44 heavy (non-hydrogen) atoms. The summed E-state index contributed by atoms with van der Waals surface area (Å²) in [5, 5.41) is 15.2. The van der Waals surface area contributed by atoms with Crippen molar-refractivity contribution in [3.05, 3.63) is 92.4 Å². The SMILES string of the molecule is C[C@@H]1CCCC(n2cc(Cl)c(-c3cc(Cl)ccc3-n3cc(Cl)nn3)cc2=O)c2cc(ccn2)-c2c(cnn2C(F)F)NC1=O. The summed E-state index contributed by atoms with van der Waals surface area (Å²) in [5.74, 6) is -0.750. The number of carbonyl (C=O) groups is 1. The smallest absolute Gasteiger partial charge is 0.323 e. The molecule has 15 heteroatoms. The predicted octanol–water partition coefficient (Wildman–Crippen LogP) is 7.06. The molecule has 1 amide bonds. The van der Waals surface area contributed by atoms with E-state index in [1.165, 1.54) is 40.1 Å². The third-order valence-electron chi connectivity index (χ3n) is 7.53. The van der Waals surface area contributed by atoms with Crippen LogP contribution in [0.15, 0.2) is 66.0 Å². The Morgan fingerprint density at radius 1 is 1.02 bits per heavy atom. The van der Waals surface area contributed by atoms with Gasteiger partial charge in [-0.3, -0.25) is 14.6 Å². The van der Waals surface area contributed by atoms with E-state index >= 15 is 0 Å². The van der Waals surface area contributed by atoms with Crippen LogP contribution in [-0.4, -0.2) is 40.2 Å². The number of aromatic nitrogens is 7. The zero-order valence-electron chi connectivity index (χ0n) is 23.0. The molecule has 6 rings (SSSR count). The minimum atomic E-state index is -2.95. The van der Waals surface area contributed by atoms with Gasteiger partial charge >= 0.3 is 6.55 Å². The number of anilines is 1. The summed E-state index contributed by atoms with van der Waals surface area (Å²) in [6, 6.07) is 8.99. The molecule has 0 fully saturated rings. The van der Waals surface area contributed by atoms with Crippen LogP contribution in [0.5, 0.6) is 0 Å². The van der Waals surface area contributed by atoms with Crippen molar-refractivity contribution in [1.82, 2.24) is 34.3 Å². The van der Waals surface area contributed by atoms with Crippen molar-refractivity contribution in [3.8, 4) is 28.1 Å². The van der Waals surface area contributed by atoms with E-state index < -0.39 is 18.5 Å². The molecule has 5 heterocycles. The molecule has 1 N–H and O–H groups in total. The van der Waals surface area contributed by atoms with Crippen LogP contribution in [0, 0.1) is 5.92 Å². The van der Waals surface area contributed by atoms with E-state index in [1.807, 2.05) is 0 Å². The summed E-state index contributed by atoms with van der Waals surface area (Å²) in [5.41, 5.74) is 2.10. The number of rotatable bonds is 4. The second-order valence-electron chi connectivity index (χ2n) is 10.4. The number of amides is 1. The van der Waals surface area contributed by atoms with Crippen LogP contribution in [0.3, 0.4) is 0 Å². The first-order valence-electron chi connectivity index (χ1n) is 13.5. The van der Waals surface area contributed by atoms with E-state index in [0.717, 1.165) is 0 Å². The molecule has 1 unspecified atom stereocenters. The Labute approximate surface area is 264 Å². The second-order valence-corrected chi connectivity index (χ2v) is 11.6. The van der Waals surface area contributed by atoms with Crippen molar-refractivity contribution in [3.63, 3.8) is 0 Å². The lowest BCUT2D eigenvalue weighted by Gasteiger charge is -2.23. The molecule has 1 aliphatic heterocycles. The monoisotopic (exact) mass is 658 g/mol. The highest BCUT2D eigenvalue weighted by Crippen LogP contribution is 2.37. The number of fused-ring (bicyclic) bond motifs is 4. The largest absolute Gasteiger partial charge is 0.333 e. The van der Waals surface area contributed by atoms with E-state index in [-0.39, 0.29) is 33.0 Å². The number of carbonyl (C=O) groups excluding carboxylic acids is 1. The predicted molar refractivity (Wildman–Crippen MR) is 163 cm³/mol. The van der Waals surface area contributed by atoms with Crippen molar-refractivity contribution in [2.45, 2.75) is 38.8 Å². The van der Waals surface area contributed by atoms with Crippen LogP contribution >= 0.6 is 34.8 Å². The van der Waals surface area contributed by atoms with Crippen molar-refractivity contribution in [2.24, 2.45) is 5.92 Å². The minimum Gasteiger partial charge on any atom is -0.323 e. The van der Waals surface area contributed by atoms with Crippen LogP contribution in [0.2, 0.25) is 15.2 Å². The molecule has 10 nitrogen and oxygen atoms in total. The molecule has 1 aromatic carbocycles. The summed E-state index contributed by atoms with van der Waals surface area (Å²) in [7, 11) is 0. The molecule has 2 atom stereocenters. The van der Waals surface area contributed by atoms with Crippen LogP contribution in [0.1, 0.15) is 44.5 Å². The Morgan fingerprint density at radius 3 is 2.59 bits per heavy atom. The molecule has 0 aliphatic carbocycles. The molecular weight excluding hydrogens is 637 g/mol. The molecule has 0 saturated carbocycles. The number of hydrogen-bond donors (Lipinski definition) is 1. The molecule has 5 aromatic rings. The zero-order chi connectivity index (χ0) is 31.1. The van der Waals surface area contributed by atoms with Crippen LogP contribution in [-0.2, 0) is 4.79 Å². The molecule has 2 bridgehead atoms. The number of benzene rings is 1. The van der Waals surface area contributed by atoms with Gasteiger partial charge in [-0.2, -0.15) is 13.9 Å². The third kappa shape index (κ3) is 5.72. The van der Waals surface area contributed by atoms with E-state index in [1.54, 1.807) is 37.3 Å². The maximum Gasteiger partial charge on any atom is 0.333 e. The van der Waals surface area contributed by atoms with Gasteiger partial charge in [-0.25, -0.2) is 9.36 Å². The number of nitrogens with zero attached hydrogens (tertiary/aromatic N) is 7. The van der Waals surface area contributed by atoms with Gasteiger partial charge in [0.1, 0.15) is 0 Å². The lowest BCUT2D eigenvalue weighted by Crippen LogP contribution is -2.27. The van der Waals surface area contributed by atoms with E-state index in [2.05, 4.69) is 25.7 Å². The fraction of sp³-hybridized carbons (Fsp3) is 0.241. The highest BCUT2D eigenvalue weighted by molar-refractivity contribution is 6.34. The first-order valence-corrected chi connectivity index (χ1v) is 14.7. The number of nitrogens with one attached hydrogen (secondary N) is 1. The Balaban J connectivity index is 1.48. The zero-order valence-corrected chi connectivity index (χ0v) is 25.2. The fourth-order valence-corrected chi connectivity index (χ4v) is 5.92. The molecule has 0 saturated heterocycles. The minimum absolute atomic E-state index is 0.0333. The van der Waals surface area contributed by atoms with Crippen molar-refractivity contribution in [1.29, 1.82) is 0 Å². The highest BCUT2D eigenvalue weighted by atomic mass is 35.5. The normalized spacial score (nSPS) is 17.1. The average Bonchev–Trinajstić information content (AvgIpc) is 3.62. The van der Waals surface area contributed by atoms with Gasteiger partial charge in [-0.05, 0) is 43.2 Å². The molecule has 226 valence electrons. The topological polar surface area (TPSA) is 113 Å². The molecule has 4 aromatic heterocycles. The molecule has 0 radical (unpaired) electrons. The van der Waals surface area contributed by atoms with Crippen LogP contribution < -0.4 is 10.9 Å². The van der Waals surface area contributed by atoms with Gasteiger partial charge < -0.3 is 9.88 Å². The van der Waals surface area contributed by atoms with Crippen LogP contribution in [0.4, 0.5) is 14.5 Å².